The maximum absolute atomic E-state index is 11.3. The van der Waals surface area contributed by atoms with E-state index in [1.54, 1.807) is 6.92 Å². The highest BCUT2D eigenvalue weighted by atomic mass is 16.1. The summed E-state index contributed by atoms with van der Waals surface area (Å²) in [6.07, 6.45) is 3.49. The zero-order valence-corrected chi connectivity index (χ0v) is 10.6. The molecule has 90 valence electrons. The van der Waals surface area contributed by atoms with Crippen molar-refractivity contribution in [1.82, 2.24) is 0 Å². The lowest BCUT2D eigenvalue weighted by Crippen LogP contribution is -2.24. The predicted octanol–water partition coefficient (Wildman–Crippen LogP) is 2.76. The Hall–Kier alpha value is -1.31. The minimum atomic E-state index is 0.300. The van der Waals surface area contributed by atoms with Gasteiger partial charge in [-0.05, 0) is 49.3 Å². The fraction of sp³-hybridized carbons (Fsp3) is 0.533. The van der Waals surface area contributed by atoms with Gasteiger partial charge >= 0.3 is 0 Å². The van der Waals surface area contributed by atoms with E-state index in [-0.39, 0.29) is 0 Å². The molecule has 1 aromatic carbocycles. The topological polar surface area (TPSA) is 20.3 Å². The normalized spacial score (nSPS) is 26.6. The molecule has 0 aromatic heterocycles. The lowest BCUT2D eigenvalue weighted by molar-refractivity contribution is -0.118. The molecule has 2 unspecified atom stereocenters. The number of benzene rings is 1. The van der Waals surface area contributed by atoms with Crippen LogP contribution in [-0.2, 0) is 11.2 Å². The van der Waals surface area contributed by atoms with Crippen LogP contribution >= 0.6 is 0 Å². The molecule has 1 saturated carbocycles. The number of carbonyl (C=O) groups excluding carboxylic acids is 1. The molecule has 1 fully saturated rings. The van der Waals surface area contributed by atoms with Crippen LogP contribution in [0.15, 0.2) is 18.2 Å². The van der Waals surface area contributed by atoms with E-state index in [2.05, 4.69) is 30.1 Å². The van der Waals surface area contributed by atoms with E-state index in [9.17, 15) is 4.79 Å². The Balaban J connectivity index is 1.87. The van der Waals surface area contributed by atoms with E-state index in [1.165, 1.54) is 29.7 Å². The molecule has 2 heteroatoms. The standard InChI is InChI=1S/C15H19NO/c1-10(17)13-9-14(13)11-5-6-15-12(8-11)4-3-7-16(15)2/h5-6,8,13-14H,3-4,7,9H2,1-2H3. The molecule has 1 aliphatic carbocycles. The first-order valence-electron chi connectivity index (χ1n) is 6.51. The molecular formula is C15H19NO. The van der Waals surface area contributed by atoms with Crippen molar-refractivity contribution in [1.29, 1.82) is 0 Å². The lowest BCUT2D eigenvalue weighted by Gasteiger charge is -2.27. The van der Waals surface area contributed by atoms with Crippen molar-refractivity contribution in [2.75, 3.05) is 18.5 Å². The van der Waals surface area contributed by atoms with E-state index in [1.807, 2.05) is 0 Å². The van der Waals surface area contributed by atoms with Crippen LogP contribution in [0.4, 0.5) is 5.69 Å². The summed E-state index contributed by atoms with van der Waals surface area (Å²) in [5.41, 5.74) is 4.21. The third-order valence-corrected chi connectivity index (χ3v) is 4.20. The number of fused-ring (bicyclic) bond motifs is 1. The largest absolute Gasteiger partial charge is 0.374 e. The van der Waals surface area contributed by atoms with Crippen LogP contribution in [0.3, 0.4) is 0 Å². The van der Waals surface area contributed by atoms with Crippen molar-refractivity contribution in [3.05, 3.63) is 29.3 Å². The molecule has 0 saturated heterocycles. The van der Waals surface area contributed by atoms with E-state index >= 15 is 0 Å². The fourth-order valence-electron chi connectivity index (χ4n) is 3.05. The van der Waals surface area contributed by atoms with Gasteiger partial charge in [0.05, 0.1) is 0 Å². The molecule has 2 aliphatic rings. The Morgan fingerprint density at radius 3 is 2.94 bits per heavy atom. The molecule has 2 atom stereocenters. The van der Waals surface area contributed by atoms with Crippen LogP contribution in [0.2, 0.25) is 0 Å². The third kappa shape index (κ3) is 1.86. The second-order valence-electron chi connectivity index (χ2n) is 5.47. The minimum Gasteiger partial charge on any atom is -0.374 e. The van der Waals surface area contributed by atoms with Crippen LogP contribution in [0.1, 0.15) is 36.8 Å². The van der Waals surface area contributed by atoms with Crippen molar-refractivity contribution in [2.24, 2.45) is 5.92 Å². The molecule has 0 N–H and O–H groups in total. The highest BCUT2D eigenvalue weighted by Gasteiger charge is 2.41. The second kappa shape index (κ2) is 3.86. The van der Waals surface area contributed by atoms with E-state index < -0.39 is 0 Å². The van der Waals surface area contributed by atoms with Crippen LogP contribution in [-0.4, -0.2) is 19.4 Å². The molecule has 0 bridgehead atoms. The summed E-state index contributed by atoms with van der Waals surface area (Å²) in [5, 5.41) is 0. The summed E-state index contributed by atoms with van der Waals surface area (Å²) in [4.78, 5) is 13.7. The van der Waals surface area contributed by atoms with E-state index in [0.717, 1.165) is 13.0 Å². The van der Waals surface area contributed by atoms with Crippen molar-refractivity contribution in [3.63, 3.8) is 0 Å². The Morgan fingerprint density at radius 1 is 1.41 bits per heavy atom. The lowest BCUT2D eigenvalue weighted by atomic mass is 9.97. The van der Waals surface area contributed by atoms with Gasteiger partial charge in [-0.15, -0.1) is 0 Å². The van der Waals surface area contributed by atoms with Crippen LogP contribution < -0.4 is 4.90 Å². The Labute approximate surface area is 103 Å². The average Bonchev–Trinajstić information content (AvgIpc) is 3.09. The average molecular weight is 229 g/mol. The first-order chi connectivity index (χ1) is 8.16. The van der Waals surface area contributed by atoms with Gasteiger partial charge in [0.25, 0.3) is 0 Å². The second-order valence-corrected chi connectivity index (χ2v) is 5.47. The smallest absolute Gasteiger partial charge is 0.133 e. The predicted molar refractivity (Wildman–Crippen MR) is 69.6 cm³/mol. The first kappa shape index (κ1) is 10.8. The monoisotopic (exact) mass is 229 g/mol. The summed E-state index contributed by atoms with van der Waals surface area (Å²) in [6.45, 7) is 2.88. The molecule has 1 aromatic rings. The summed E-state index contributed by atoms with van der Waals surface area (Å²) in [7, 11) is 2.16. The van der Waals surface area contributed by atoms with Gasteiger partial charge in [0.1, 0.15) is 5.78 Å². The first-order valence-corrected chi connectivity index (χ1v) is 6.51. The molecule has 17 heavy (non-hydrogen) atoms. The van der Waals surface area contributed by atoms with Gasteiger partial charge in [-0.1, -0.05) is 12.1 Å². The number of hydrogen-bond acceptors (Lipinski definition) is 2. The highest BCUT2D eigenvalue weighted by Crippen LogP contribution is 2.48. The molecule has 0 amide bonds. The van der Waals surface area contributed by atoms with Gasteiger partial charge < -0.3 is 4.90 Å². The molecular weight excluding hydrogens is 210 g/mol. The number of nitrogens with zero attached hydrogens (tertiary/aromatic N) is 1. The summed E-state index contributed by atoms with van der Waals surface area (Å²) in [6, 6.07) is 6.78. The summed E-state index contributed by atoms with van der Waals surface area (Å²) >= 11 is 0. The van der Waals surface area contributed by atoms with Crippen molar-refractivity contribution < 1.29 is 4.79 Å². The SMILES string of the molecule is CC(=O)C1CC1c1ccc2c(c1)CCCN2C. The van der Waals surface area contributed by atoms with Gasteiger partial charge in [-0.25, -0.2) is 0 Å². The number of Topliss-reactive ketones (excluding diaryl/α,β-unsaturated/α-hetero) is 1. The maximum atomic E-state index is 11.3. The summed E-state index contributed by atoms with van der Waals surface area (Å²) < 4.78 is 0. The molecule has 3 rings (SSSR count). The van der Waals surface area contributed by atoms with E-state index in [4.69, 9.17) is 0 Å². The molecule has 0 spiro atoms. The summed E-state index contributed by atoms with van der Waals surface area (Å²) in [5.74, 6) is 1.16. The number of anilines is 1. The molecule has 2 nitrogen and oxygen atoms in total. The molecule has 0 radical (unpaired) electrons. The zero-order chi connectivity index (χ0) is 12.0. The third-order valence-electron chi connectivity index (χ3n) is 4.20. The Bertz CT molecular complexity index is 466. The van der Waals surface area contributed by atoms with Crippen LogP contribution in [0.5, 0.6) is 0 Å². The highest BCUT2D eigenvalue weighted by molar-refractivity contribution is 5.82. The van der Waals surface area contributed by atoms with Crippen LogP contribution in [0, 0.1) is 5.92 Å². The number of aryl methyl sites for hydroxylation is 1. The van der Waals surface area contributed by atoms with Crippen LogP contribution in [0.25, 0.3) is 0 Å². The maximum Gasteiger partial charge on any atom is 0.133 e. The van der Waals surface area contributed by atoms with Crippen molar-refractivity contribution in [3.8, 4) is 0 Å². The fourth-order valence-corrected chi connectivity index (χ4v) is 3.05. The zero-order valence-electron chi connectivity index (χ0n) is 10.6. The number of carbonyl (C=O) groups is 1. The molecule has 1 aliphatic heterocycles. The quantitative estimate of drug-likeness (QED) is 0.777. The number of hydrogen-bond donors (Lipinski definition) is 0. The minimum absolute atomic E-state index is 0.300. The van der Waals surface area contributed by atoms with Gasteiger partial charge in [0.15, 0.2) is 0 Å². The number of ketones is 1. The van der Waals surface area contributed by atoms with Gasteiger partial charge in [-0.3, -0.25) is 4.79 Å². The Kier molecular flexibility index (Phi) is 2.46. The van der Waals surface area contributed by atoms with Gasteiger partial charge in [-0.2, -0.15) is 0 Å². The van der Waals surface area contributed by atoms with Gasteiger partial charge in [0, 0.05) is 25.2 Å². The van der Waals surface area contributed by atoms with Crippen molar-refractivity contribution in [2.45, 2.75) is 32.1 Å². The van der Waals surface area contributed by atoms with Gasteiger partial charge in [0.2, 0.25) is 0 Å². The van der Waals surface area contributed by atoms with E-state index in [0.29, 0.717) is 17.6 Å². The molecule has 1 heterocycles. The Morgan fingerprint density at radius 2 is 2.24 bits per heavy atom. The number of rotatable bonds is 2. The van der Waals surface area contributed by atoms with Crippen molar-refractivity contribution >= 4 is 11.5 Å².